The van der Waals surface area contributed by atoms with Crippen molar-refractivity contribution in [2.24, 2.45) is 5.92 Å². The fraction of sp³-hybridized carbons (Fsp3) is 0.528. The zero-order chi connectivity index (χ0) is 31.2. The lowest BCUT2D eigenvalue weighted by atomic mass is 9.78. The molecule has 3 aliphatic rings. The van der Waals surface area contributed by atoms with Gasteiger partial charge in [-0.1, -0.05) is 37.6 Å². The molecule has 0 atom stereocenters. The van der Waals surface area contributed by atoms with Gasteiger partial charge in [0.25, 0.3) is 0 Å². The Labute approximate surface area is 273 Å². The SMILES string of the molecule is CC(C)(c1ccc(OCc2ccnc(N3CCN(CC4CCN(C5CCNCC5)CC4)CC3)n2)cc1)c1cc(Cl)cc(C#N)c1. The highest BCUT2D eigenvalue weighted by molar-refractivity contribution is 6.30. The molecule has 0 spiro atoms. The zero-order valence-corrected chi connectivity index (χ0v) is 27.5. The second-order valence-corrected chi connectivity index (χ2v) is 13.8. The van der Waals surface area contributed by atoms with Gasteiger partial charge in [0.1, 0.15) is 12.4 Å². The third-order valence-corrected chi connectivity index (χ3v) is 10.3. The number of likely N-dealkylation sites (tertiary alicyclic amines) is 1. The molecule has 6 rings (SSSR count). The molecule has 8 nitrogen and oxygen atoms in total. The third-order valence-electron chi connectivity index (χ3n) is 10.1. The molecule has 0 unspecified atom stereocenters. The summed E-state index contributed by atoms with van der Waals surface area (Å²) in [6.07, 6.45) is 7.13. The Bertz CT molecular complexity index is 1450. The molecule has 0 bridgehead atoms. The molecule has 1 N–H and O–H groups in total. The first-order valence-electron chi connectivity index (χ1n) is 16.6. The van der Waals surface area contributed by atoms with Gasteiger partial charge in [0.15, 0.2) is 0 Å². The maximum absolute atomic E-state index is 9.37. The van der Waals surface area contributed by atoms with Crippen molar-refractivity contribution >= 4 is 17.5 Å². The maximum atomic E-state index is 9.37. The van der Waals surface area contributed by atoms with Crippen LogP contribution in [-0.4, -0.2) is 84.7 Å². The number of hydrogen-bond acceptors (Lipinski definition) is 8. The highest BCUT2D eigenvalue weighted by Crippen LogP contribution is 2.34. The van der Waals surface area contributed by atoms with E-state index in [4.69, 9.17) is 21.3 Å². The quantitative estimate of drug-likeness (QED) is 0.334. The number of benzene rings is 2. The summed E-state index contributed by atoms with van der Waals surface area (Å²) in [5, 5.41) is 13.4. The van der Waals surface area contributed by atoms with Crippen LogP contribution in [0.3, 0.4) is 0 Å². The Morgan fingerprint density at radius 2 is 1.67 bits per heavy atom. The number of ether oxygens (including phenoxy) is 1. The Kier molecular flexibility index (Phi) is 10.2. The van der Waals surface area contributed by atoms with Crippen LogP contribution in [0.15, 0.2) is 54.7 Å². The van der Waals surface area contributed by atoms with Crippen molar-refractivity contribution in [1.82, 2.24) is 25.1 Å². The standard InChI is InChI=1S/C36H46ClN7O/c1-36(2,30-21-28(24-38)22-31(37)23-30)29-3-5-34(6-4-29)45-26-32-7-14-40-35(41-32)44-19-17-42(18-20-44)25-27-10-15-43(16-11-27)33-8-12-39-13-9-33/h3-7,14,21-23,27,33,39H,8-13,15-20,25-26H2,1-2H3. The number of piperidine rings is 2. The lowest BCUT2D eigenvalue weighted by Gasteiger charge is -2.41. The van der Waals surface area contributed by atoms with Gasteiger partial charge >= 0.3 is 0 Å². The van der Waals surface area contributed by atoms with Gasteiger partial charge in [0.2, 0.25) is 5.95 Å². The number of rotatable bonds is 9. The van der Waals surface area contributed by atoms with Gasteiger partial charge < -0.3 is 19.9 Å². The lowest BCUT2D eigenvalue weighted by Crippen LogP contribution is -2.50. The molecule has 3 aliphatic heterocycles. The number of anilines is 1. The highest BCUT2D eigenvalue weighted by Gasteiger charge is 2.28. The molecular weight excluding hydrogens is 582 g/mol. The summed E-state index contributed by atoms with van der Waals surface area (Å²) in [7, 11) is 0. The maximum Gasteiger partial charge on any atom is 0.225 e. The van der Waals surface area contributed by atoms with Gasteiger partial charge in [-0.05, 0) is 105 Å². The topological polar surface area (TPSA) is 80.6 Å². The molecule has 0 radical (unpaired) electrons. The van der Waals surface area contributed by atoms with Crippen LogP contribution in [0.5, 0.6) is 5.75 Å². The number of nitrogens with zero attached hydrogens (tertiary/aromatic N) is 6. The zero-order valence-electron chi connectivity index (χ0n) is 26.7. The second-order valence-electron chi connectivity index (χ2n) is 13.4. The van der Waals surface area contributed by atoms with Crippen LogP contribution in [0.2, 0.25) is 5.02 Å². The van der Waals surface area contributed by atoms with Crippen molar-refractivity contribution < 1.29 is 4.74 Å². The number of aromatic nitrogens is 2. The van der Waals surface area contributed by atoms with Crippen LogP contribution in [0.1, 0.15) is 61.9 Å². The minimum atomic E-state index is -0.315. The van der Waals surface area contributed by atoms with E-state index in [2.05, 4.69) is 57.0 Å². The average Bonchev–Trinajstić information content (AvgIpc) is 3.08. The van der Waals surface area contributed by atoms with Gasteiger partial charge in [-0.25, -0.2) is 9.97 Å². The first-order valence-corrected chi connectivity index (χ1v) is 16.9. The molecule has 9 heteroatoms. The van der Waals surface area contributed by atoms with Crippen molar-refractivity contribution in [2.75, 3.05) is 63.8 Å². The number of halogens is 1. The van der Waals surface area contributed by atoms with Crippen LogP contribution in [0.4, 0.5) is 5.95 Å². The molecule has 0 saturated carbocycles. The number of piperazine rings is 1. The minimum absolute atomic E-state index is 0.315. The first kappa shape index (κ1) is 31.7. The van der Waals surface area contributed by atoms with Gasteiger partial charge in [-0.3, -0.25) is 4.90 Å². The van der Waals surface area contributed by atoms with E-state index >= 15 is 0 Å². The summed E-state index contributed by atoms with van der Waals surface area (Å²) >= 11 is 6.29. The van der Waals surface area contributed by atoms with Gasteiger partial charge in [0, 0.05) is 55.4 Å². The largest absolute Gasteiger partial charge is 0.487 e. The fourth-order valence-corrected chi connectivity index (χ4v) is 7.33. The van der Waals surface area contributed by atoms with Crippen molar-refractivity contribution in [2.45, 2.75) is 57.6 Å². The van der Waals surface area contributed by atoms with Crippen LogP contribution in [0.25, 0.3) is 0 Å². The molecule has 3 aromatic rings. The monoisotopic (exact) mass is 627 g/mol. The van der Waals surface area contributed by atoms with Crippen LogP contribution in [-0.2, 0) is 12.0 Å². The molecule has 2 aromatic carbocycles. The summed E-state index contributed by atoms with van der Waals surface area (Å²) in [4.78, 5) is 17.2. The van der Waals surface area contributed by atoms with Crippen LogP contribution >= 0.6 is 11.6 Å². The van der Waals surface area contributed by atoms with E-state index in [1.54, 1.807) is 6.07 Å². The molecule has 238 valence electrons. The minimum Gasteiger partial charge on any atom is -0.487 e. The number of hydrogen-bond donors (Lipinski definition) is 1. The summed E-state index contributed by atoms with van der Waals surface area (Å²) in [5.41, 5.74) is 3.24. The first-order chi connectivity index (χ1) is 21.9. The third kappa shape index (κ3) is 7.96. The van der Waals surface area contributed by atoms with Gasteiger partial charge in [-0.15, -0.1) is 0 Å². The van der Waals surface area contributed by atoms with Gasteiger partial charge in [0.05, 0.1) is 17.3 Å². The lowest BCUT2D eigenvalue weighted by molar-refractivity contribution is 0.0929. The van der Waals surface area contributed by atoms with Crippen molar-refractivity contribution in [3.05, 3.63) is 82.1 Å². The molecule has 0 amide bonds. The van der Waals surface area contributed by atoms with Crippen molar-refractivity contribution in [3.8, 4) is 11.8 Å². The van der Waals surface area contributed by atoms with E-state index in [0.717, 1.165) is 66.7 Å². The molecular formula is C36H46ClN7O. The predicted octanol–water partition coefficient (Wildman–Crippen LogP) is 5.49. The molecule has 3 saturated heterocycles. The molecule has 3 fully saturated rings. The van der Waals surface area contributed by atoms with E-state index < -0.39 is 0 Å². The Balaban J connectivity index is 0.968. The molecule has 0 aliphatic carbocycles. The predicted molar refractivity (Wildman–Crippen MR) is 180 cm³/mol. The van der Waals surface area contributed by atoms with Crippen LogP contribution < -0.4 is 15.0 Å². The highest BCUT2D eigenvalue weighted by atomic mass is 35.5. The Morgan fingerprint density at radius 1 is 0.933 bits per heavy atom. The number of nitriles is 1. The summed E-state index contributed by atoms with van der Waals surface area (Å²) < 4.78 is 6.12. The van der Waals surface area contributed by atoms with E-state index in [0.29, 0.717) is 17.2 Å². The van der Waals surface area contributed by atoms with E-state index in [9.17, 15) is 5.26 Å². The van der Waals surface area contributed by atoms with Crippen molar-refractivity contribution in [3.63, 3.8) is 0 Å². The van der Waals surface area contributed by atoms with E-state index in [1.165, 1.54) is 58.4 Å². The summed E-state index contributed by atoms with van der Waals surface area (Å²) in [6, 6.07) is 18.6. The normalized spacial score (nSPS) is 19.4. The fourth-order valence-electron chi connectivity index (χ4n) is 7.09. The summed E-state index contributed by atoms with van der Waals surface area (Å²) in [5.74, 6) is 2.40. The second kappa shape index (κ2) is 14.5. The van der Waals surface area contributed by atoms with Gasteiger partial charge in [-0.2, -0.15) is 5.26 Å². The molecule has 1 aromatic heterocycles. The molecule has 4 heterocycles. The summed E-state index contributed by atoms with van der Waals surface area (Å²) in [6.45, 7) is 14.8. The molecule has 45 heavy (non-hydrogen) atoms. The van der Waals surface area contributed by atoms with Crippen molar-refractivity contribution in [1.29, 1.82) is 5.26 Å². The van der Waals surface area contributed by atoms with E-state index in [-0.39, 0.29) is 5.41 Å². The Morgan fingerprint density at radius 3 is 2.38 bits per heavy atom. The van der Waals surface area contributed by atoms with E-state index in [1.807, 2.05) is 36.5 Å². The Hall–Kier alpha value is -3.22. The smallest absolute Gasteiger partial charge is 0.225 e. The average molecular weight is 628 g/mol. The number of nitrogens with one attached hydrogen (secondary N) is 1. The van der Waals surface area contributed by atoms with Crippen LogP contribution in [0, 0.1) is 17.2 Å².